The van der Waals surface area contributed by atoms with Gasteiger partial charge in [0, 0.05) is 39.7 Å². The number of halogens is 1. The van der Waals surface area contributed by atoms with E-state index < -0.39 is 16.6 Å². The van der Waals surface area contributed by atoms with Crippen LogP contribution in [0, 0.1) is 0 Å². The number of hydrogen-bond acceptors (Lipinski definition) is 5. The van der Waals surface area contributed by atoms with Gasteiger partial charge in [0.1, 0.15) is 34.9 Å². The van der Waals surface area contributed by atoms with E-state index in [1.807, 2.05) is 0 Å². The monoisotopic (exact) mass is 770 g/mol. The van der Waals surface area contributed by atoms with Crippen molar-refractivity contribution in [3.63, 3.8) is 0 Å². The molecule has 0 aliphatic carbocycles. The van der Waals surface area contributed by atoms with E-state index in [-0.39, 0.29) is 16.2 Å². The molecule has 0 amide bonds. The van der Waals surface area contributed by atoms with Crippen molar-refractivity contribution in [1.29, 1.82) is 0 Å². The van der Waals surface area contributed by atoms with E-state index >= 15 is 0 Å². The van der Waals surface area contributed by atoms with Crippen LogP contribution in [-0.4, -0.2) is 34.3 Å². The van der Waals surface area contributed by atoms with E-state index in [0.717, 1.165) is 68.3 Å². The van der Waals surface area contributed by atoms with Crippen LogP contribution in [0.2, 0.25) is 36.3 Å². The van der Waals surface area contributed by atoms with E-state index in [1.54, 1.807) is 0 Å². The Kier molecular flexibility index (Phi) is 10.0. The third kappa shape index (κ3) is 7.33. The Balaban J connectivity index is 1.59. The predicted octanol–water partition coefficient (Wildman–Crippen LogP) is 11.5. The Morgan fingerprint density at radius 2 is 1.28 bits per heavy atom. The molecule has 0 spiro atoms. The van der Waals surface area contributed by atoms with Gasteiger partial charge in [0.15, 0.2) is 0 Å². The fourth-order valence-corrected chi connectivity index (χ4v) is 7.62. The minimum atomic E-state index is -2.03. The molecule has 0 unspecified atom stereocenters. The van der Waals surface area contributed by atoms with Crippen molar-refractivity contribution in [2.24, 2.45) is 0 Å². The summed E-state index contributed by atoms with van der Waals surface area (Å²) in [5, 5.41) is 0.194. The van der Waals surface area contributed by atoms with Gasteiger partial charge in [-0.1, -0.05) is 76.3 Å². The number of ether oxygens (including phenoxy) is 3. The van der Waals surface area contributed by atoms with Crippen LogP contribution in [0.15, 0.2) is 60.7 Å². The summed E-state index contributed by atoms with van der Waals surface area (Å²) in [6.45, 7) is 24.0. The highest BCUT2D eigenvalue weighted by atomic mass is 127. The lowest BCUT2D eigenvalue weighted by molar-refractivity contribution is 0.258. The summed E-state index contributed by atoms with van der Waals surface area (Å²) in [6.07, 6.45) is 1.48. The Morgan fingerprint density at radius 1 is 0.739 bits per heavy atom. The van der Waals surface area contributed by atoms with Gasteiger partial charge in [-0.3, -0.25) is 0 Å². The molecule has 8 heteroatoms. The lowest BCUT2D eigenvalue weighted by Gasteiger charge is -2.37. The normalized spacial score (nSPS) is 16.7. The van der Waals surface area contributed by atoms with Crippen LogP contribution in [0.3, 0.4) is 0 Å². The van der Waals surface area contributed by atoms with Crippen LogP contribution in [0.1, 0.15) is 77.2 Å². The van der Waals surface area contributed by atoms with Crippen molar-refractivity contribution in [2.45, 2.75) is 96.8 Å². The number of fused-ring (bicyclic) bond motifs is 4. The van der Waals surface area contributed by atoms with Gasteiger partial charge in [0.25, 0.3) is 0 Å². The number of benzene rings is 3. The van der Waals surface area contributed by atoms with Crippen molar-refractivity contribution in [3.8, 4) is 28.7 Å². The molecule has 46 heavy (non-hydrogen) atoms. The fraction of sp³-hybridized carbons (Fsp3) is 0.474. The van der Waals surface area contributed by atoms with E-state index in [1.165, 1.54) is 5.57 Å². The molecule has 0 fully saturated rings. The van der Waals surface area contributed by atoms with Crippen LogP contribution in [0.4, 0.5) is 0 Å². The Bertz CT molecular complexity index is 1580. The summed E-state index contributed by atoms with van der Waals surface area (Å²) >= 11 is 2.39. The maximum absolute atomic E-state index is 6.99. The van der Waals surface area contributed by atoms with Gasteiger partial charge in [-0.15, -0.1) is 0 Å². The highest BCUT2D eigenvalue weighted by Gasteiger charge is 2.41. The molecule has 2 aliphatic heterocycles. The summed E-state index contributed by atoms with van der Waals surface area (Å²) in [7, 11) is -4.05. The van der Waals surface area contributed by atoms with Gasteiger partial charge in [-0.05, 0) is 90.2 Å². The molecular weight excluding hydrogens is 719 g/mol. The maximum atomic E-state index is 6.99. The highest BCUT2D eigenvalue weighted by molar-refractivity contribution is 14.1. The average Bonchev–Trinajstić information content (AvgIpc) is 3.15. The van der Waals surface area contributed by atoms with Crippen LogP contribution in [0.25, 0.3) is 11.1 Å². The average molecular weight is 771 g/mol. The van der Waals surface area contributed by atoms with Crippen LogP contribution >= 0.6 is 22.6 Å². The Hall–Kier alpha value is -2.44. The summed E-state index contributed by atoms with van der Waals surface area (Å²) in [5.74, 6) is 4.30. The van der Waals surface area contributed by atoms with E-state index in [4.69, 9.17) is 23.1 Å². The molecule has 0 saturated heterocycles. The summed E-state index contributed by atoms with van der Waals surface area (Å²) in [6, 6.07) is 21.1. The minimum absolute atomic E-state index is 0.0952. The third-order valence-electron chi connectivity index (χ3n) is 10.1. The van der Waals surface area contributed by atoms with Crippen molar-refractivity contribution < 1.29 is 23.1 Å². The first kappa shape index (κ1) is 34.9. The molecule has 0 saturated carbocycles. The molecule has 3 aromatic rings. The smallest absolute Gasteiger partial charge is 0.250 e. The topological polar surface area (TPSA) is 46.2 Å². The summed E-state index contributed by atoms with van der Waals surface area (Å²) < 4.78 is 34.0. The van der Waals surface area contributed by atoms with Crippen molar-refractivity contribution in [3.05, 3.63) is 77.4 Å². The lowest BCUT2D eigenvalue weighted by atomic mass is 9.84. The molecule has 2 heterocycles. The predicted molar refractivity (Wildman–Crippen MR) is 204 cm³/mol. The molecule has 0 radical (unpaired) electrons. The SMILES string of the molecule is CC(C)(C)[Si](C)(C)Oc1ccc2c(c1)O[C@H](c1ccc(OCCCI)cc1)C1=C2CCOc2cc(O[Si](C)(C)C(C)(C)C)ccc21. The zero-order chi connectivity index (χ0) is 33.5. The van der Waals surface area contributed by atoms with Crippen LogP contribution in [0.5, 0.6) is 28.7 Å². The van der Waals surface area contributed by atoms with E-state index in [0.29, 0.717) is 13.2 Å². The van der Waals surface area contributed by atoms with Crippen molar-refractivity contribution in [1.82, 2.24) is 0 Å². The van der Waals surface area contributed by atoms with Crippen molar-refractivity contribution >= 4 is 50.4 Å². The standard InChI is InChI=1S/C38H51IO5Si2/c1-37(2,3)45(7,8)43-28-17-19-32-33(24-28)41-23-20-31-30-18-16-29(44-46(9,10)38(4,5)6)25-34(30)42-36(35(31)32)26-12-14-27(15-13-26)40-22-11-21-39/h12-19,24-25,36H,11,20-23H2,1-10H3/t36-/m1/s1. The van der Waals surface area contributed by atoms with Gasteiger partial charge < -0.3 is 23.1 Å². The first-order valence-electron chi connectivity index (χ1n) is 16.5. The second-order valence-corrected chi connectivity index (χ2v) is 26.0. The largest absolute Gasteiger partial charge is 0.543 e. The van der Waals surface area contributed by atoms with E-state index in [9.17, 15) is 0 Å². The molecule has 5 nitrogen and oxygen atoms in total. The van der Waals surface area contributed by atoms with Gasteiger partial charge >= 0.3 is 0 Å². The fourth-order valence-electron chi connectivity index (χ4n) is 5.26. The maximum Gasteiger partial charge on any atom is 0.250 e. The number of alkyl halides is 1. The molecule has 248 valence electrons. The first-order valence-corrected chi connectivity index (χ1v) is 23.8. The van der Waals surface area contributed by atoms with Gasteiger partial charge in [-0.2, -0.15) is 0 Å². The minimum Gasteiger partial charge on any atom is -0.543 e. The zero-order valence-corrected chi connectivity index (χ0v) is 33.5. The molecule has 1 atom stereocenters. The summed E-state index contributed by atoms with van der Waals surface area (Å²) in [4.78, 5) is 0. The van der Waals surface area contributed by atoms with E-state index in [2.05, 4.69) is 151 Å². The first-order chi connectivity index (χ1) is 21.5. The van der Waals surface area contributed by atoms with Gasteiger partial charge in [0.05, 0.1) is 13.2 Å². The molecule has 0 bridgehead atoms. The number of rotatable bonds is 9. The molecule has 3 aromatic carbocycles. The van der Waals surface area contributed by atoms with Gasteiger partial charge in [0.2, 0.25) is 16.6 Å². The van der Waals surface area contributed by atoms with Crippen molar-refractivity contribution in [2.75, 3.05) is 17.6 Å². The second-order valence-electron chi connectivity index (χ2n) is 15.5. The lowest BCUT2D eigenvalue weighted by Crippen LogP contribution is -2.43. The van der Waals surface area contributed by atoms with Gasteiger partial charge in [-0.25, -0.2) is 0 Å². The zero-order valence-electron chi connectivity index (χ0n) is 29.3. The van der Waals surface area contributed by atoms with Crippen LogP contribution in [-0.2, 0) is 0 Å². The summed E-state index contributed by atoms with van der Waals surface area (Å²) in [5.41, 5.74) is 5.63. The third-order valence-corrected chi connectivity index (χ3v) is 19.5. The second kappa shape index (κ2) is 13.2. The molecule has 0 N–H and O–H groups in total. The molecular formula is C38H51IO5Si2. The molecule has 0 aromatic heterocycles. The molecule has 5 rings (SSSR count). The Labute approximate surface area is 292 Å². The Morgan fingerprint density at radius 3 is 1.85 bits per heavy atom. The quantitative estimate of drug-likeness (QED) is 0.0938. The molecule has 2 aliphatic rings. The number of hydrogen-bond donors (Lipinski definition) is 0. The van der Waals surface area contributed by atoms with Crippen LogP contribution < -0.4 is 23.1 Å². The highest BCUT2D eigenvalue weighted by Crippen LogP contribution is 2.53.